The van der Waals surface area contributed by atoms with Gasteiger partial charge in [0.15, 0.2) is 5.76 Å². The summed E-state index contributed by atoms with van der Waals surface area (Å²) in [6.07, 6.45) is 3.87. The van der Waals surface area contributed by atoms with Crippen molar-refractivity contribution in [2.45, 2.75) is 12.8 Å². The third-order valence-corrected chi connectivity index (χ3v) is 3.77. The first kappa shape index (κ1) is 17.0. The Labute approximate surface area is 149 Å². The van der Waals surface area contributed by atoms with Gasteiger partial charge in [-0.25, -0.2) is 0 Å². The molecule has 0 aliphatic heterocycles. The molecule has 3 aromatic rings. The summed E-state index contributed by atoms with van der Waals surface area (Å²) in [4.78, 5) is 28.1. The van der Waals surface area contributed by atoms with Crippen molar-refractivity contribution in [3.05, 3.63) is 59.6 Å². The van der Waals surface area contributed by atoms with Gasteiger partial charge in [-0.1, -0.05) is 17.7 Å². The second-order valence-electron chi connectivity index (χ2n) is 5.41. The summed E-state index contributed by atoms with van der Waals surface area (Å²) in [7, 11) is 0. The number of furan rings is 1. The van der Waals surface area contributed by atoms with Gasteiger partial charge >= 0.3 is 0 Å². The van der Waals surface area contributed by atoms with Crippen LogP contribution in [-0.4, -0.2) is 23.3 Å². The van der Waals surface area contributed by atoms with Crippen LogP contribution in [0.15, 0.2) is 53.3 Å². The molecule has 6 nitrogen and oxygen atoms in total. The Morgan fingerprint density at radius 2 is 2.08 bits per heavy atom. The van der Waals surface area contributed by atoms with Gasteiger partial charge in [-0.2, -0.15) is 0 Å². The van der Waals surface area contributed by atoms with Gasteiger partial charge in [-0.3, -0.25) is 14.6 Å². The van der Waals surface area contributed by atoms with E-state index in [0.717, 1.165) is 5.39 Å². The molecule has 0 spiro atoms. The molecule has 25 heavy (non-hydrogen) atoms. The number of carbonyl (C=O) groups excluding carboxylic acids is 2. The molecule has 0 bridgehead atoms. The van der Waals surface area contributed by atoms with Gasteiger partial charge in [-0.15, -0.1) is 0 Å². The lowest BCUT2D eigenvalue weighted by atomic mass is 10.2. The molecular weight excluding hydrogens is 342 g/mol. The largest absolute Gasteiger partial charge is 0.459 e. The molecule has 3 rings (SSSR count). The number of halogens is 1. The Hall–Kier alpha value is -2.86. The molecule has 0 saturated carbocycles. The topological polar surface area (TPSA) is 84.2 Å². The third-order valence-electron chi connectivity index (χ3n) is 3.55. The maximum absolute atomic E-state index is 12.1. The Bertz CT molecular complexity index is 894. The van der Waals surface area contributed by atoms with Crippen LogP contribution in [-0.2, 0) is 4.79 Å². The number of hydrogen-bond acceptors (Lipinski definition) is 4. The summed E-state index contributed by atoms with van der Waals surface area (Å²) in [5.41, 5.74) is 1.26. The molecule has 0 unspecified atom stereocenters. The van der Waals surface area contributed by atoms with Crippen molar-refractivity contribution in [2.24, 2.45) is 0 Å². The van der Waals surface area contributed by atoms with E-state index in [4.69, 9.17) is 16.0 Å². The van der Waals surface area contributed by atoms with E-state index in [1.54, 1.807) is 30.5 Å². The maximum atomic E-state index is 12.1. The number of anilines is 1. The molecule has 0 atom stereocenters. The first-order chi connectivity index (χ1) is 12.1. The SMILES string of the molecule is O=C(CCCNC(=O)c1ccco1)Nc1cc(Cl)cc2cccnc12. The quantitative estimate of drug-likeness (QED) is 0.660. The van der Waals surface area contributed by atoms with E-state index in [9.17, 15) is 9.59 Å². The van der Waals surface area contributed by atoms with Crippen LogP contribution >= 0.6 is 11.6 Å². The van der Waals surface area contributed by atoms with Crippen LogP contribution in [0.4, 0.5) is 5.69 Å². The van der Waals surface area contributed by atoms with Gasteiger partial charge in [0, 0.05) is 29.6 Å². The Kier molecular flexibility index (Phi) is 5.30. The van der Waals surface area contributed by atoms with Crippen molar-refractivity contribution in [3.8, 4) is 0 Å². The molecular formula is C18H16ClN3O3. The molecule has 0 fully saturated rings. The van der Waals surface area contributed by atoms with Crippen LogP contribution in [0, 0.1) is 0 Å². The predicted octanol–water partition coefficient (Wildman–Crippen LogP) is 3.63. The maximum Gasteiger partial charge on any atom is 0.286 e. The minimum Gasteiger partial charge on any atom is -0.459 e. The molecule has 2 aromatic heterocycles. The summed E-state index contributed by atoms with van der Waals surface area (Å²) >= 11 is 6.08. The summed E-state index contributed by atoms with van der Waals surface area (Å²) in [6.45, 7) is 0.376. The van der Waals surface area contributed by atoms with Crippen molar-refractivity contribution in [2.75, 3.05) is 11.9 Å². The third kappa shape index (κ3) is 4.36. The number of fused-ring (bicyclic) bond motifs is 1. The molecule has 0 aliphatic rings. The molecule has 2 heterocycles. The molecule has 0 radical (unpaired) electrons. The number of pyridine rings is 1. The van der Waals surface area contributed by atoms with Crippen LogP contribution in [0.5, 0.6) is 0 Å². The highest BCUT2D eigenvalue weighted by molar-refractivity contribution is 6.32. The smallest absolute Gasteiger partial charge is 0.286 e. The van der Waals surface area contributed by atoms with Gasteiger partial charge in [0.2, 0.25) is 5.91 Å². The van der Waals surface area contributed by atoms with Crippen molar-refractivity contribution in [3.63, 3.8) is 0 Å². The van der Waals surface area contributed by atoms with Crippen LogP contribution in [0.3, 0.4) is 0 Å². The average Bonchev–Trinajstić information content (AvgIpc) is 3.13. The number of nitrogens with zero attached hydrogens (tertiary/aromatic N) is 1. The zero-order chi connectivity index (χ0) is 17.6. The zero-order valence-corrected chi connectivity index (χ0v) is 14.0. The Morgan fingerprint density at radius 3 is 2.88 bits per heavy atom. The number of carbonyl (C=O) groups is 2. The Balaban J connectivity index is 1.52. The number of nitrogens with one attached hydrogen (secondary N) is 2. The number of benzene rings is 1. The van der Waals surface area contributed by atoms with Crippen LogP contribution < -0.4 is 10.6 Å². The van der Waals surface area contributed by atoms with E-state index in [1.165, 1.54) is 6.26 Å². The van der Waals surface area contributed by atoms with Crippen LogP contribution in [0.1, 0.15) is 23.4 Å². The van der Waals surface area contributed by atoms with E-state index < -0.39 is 0 Å². The lowest BCUT2D eigenvalue weighted by Crippen LogP contribution is -2.25. The molecule has 7 heteroatoms. The minimum atomic E-state index is -0.296. The van der Waals surface area contributed by atoms with Crippen molar-refractivity contribution < 1.29 is 14.0 Å². The highest BCUT2D eigenvalue weighted by Gasteiger charge is 2.10. The zero-order valence-electron chi connectivity index (χ0n) is 13.3. The minimum absolute atomic E-state index is 0.165. The van der Waals surface area contributed by atoms with Gasteiger partial charge in [0.05, 0.1) is 17.5 Å². The van der Waals surface area contributed by atoms with Crippen LogP contribution in [0.2, 0.25) is 5.02 Å². The van der Waals surface area contributed by atoms with Gasteiger partial charge in [0.25, 0.3) is 5.91 Å². The summed E-state index contributed by atoms with van der Waals surface area (Å²) in [5, 5.41) is 6.91. The molecule has 0 aliphatic carbocycles. The average molecular weight is 358 g/mol. The number of amides is 2. The standard InChI is InChI=1S/C18H16ClN3O3/c19-13-10-12-4-1-7-20-17(12)14(11-13)22-16(23)6-2-8-21-18(24)15-5-3-9-25-15/h1,3-5,7,9-11H,2,6,8H2,(H,21,24)(H,22,23). The predicted molar refractivity (Wildman–Crippen MR) is 95.7 cm³/mol. The fourth-order valence-corrected chi connectivity index (χ4v) is 2.64. The summed E-state index contributed by atoms with van der Waals surface area (Å²) in [5.74, 6) is -0.210. The lowest BCUT2D eigenvalue weighted by Gasteiger charge is -2.09. The highest BCUT2D eigenvalue weighted by Crippen LogP contribution is 2.26. The Morgan fingerprint density at radius 1 is 1.20 bits per heavy atom. The monoisotopic (exact) mass is 357 g/mol. The van der Waals surface area contributed by atoms with Crippen LogP contribution in [0.25, 0.3) is 10.9 Å². The van der Waals surface area contributed by atoms with Crippen molar-refractivity contribution >= 4 is 40.0 Å². The molecule has 0 saturated heterocycles. The van der Waals surface area contributed by atoms with Gasteiger partial charge in [-0.05, 0) is 36.8 Å². The fourth-order valence-electron chi connectivity index (χ4n) is 2.41. The molecule has 2 N–H and O–H groups in total. The molecule has 2 amide bonds. The van der Waals surface area contributed by atoms with Crippen molar-refractivity contribution in [1.82, 2.24) is 10.3 Å². The second-order valence-corrected chi connectivity index (χ2v) is 5.85. The summed E-state index contributed by atoms with van der Waals surface area (Å²) < 4.78 is 4.99. The second kappa shape index (κ2) is 7.81. The molecule has 128 valence electrons. The first-order valence-corrected chi connectivity index (χ1v) is 8.17. The highest BCUT2D eigenvalue weighted by atomic mass is 35.5. The van der Waals surface area contributed by atoms with E-state index in [2.05, 4.69) is 15.6 Å². The van der Waals surface area contributed by atoms with Gasteiger partial charge in [0.1, 0.15) is 0 Å². The van der Waals surface area contributed by atoms with E-state index in [1.807, 2.05) is 12.1 Å². The number of hydrogen-bond donors (Lipinski definition) is 2. The molecule has 1 aromatic carbocycles. The van der Waals surface area contributed by atoms with E-state index in [-0.39, 0.29) is 24.0 Å². The lowest BCUT2D eigenvalue weighted by molar-refractivity contribution is -0.116. The first-order valence-electron chi connectivity index (χ1n) is 7.79. The van der Waals surface area contributed by atoms with E-state index in [0.29, 0.717) is 29.2 Å². The van der Waals surface area contributed by atoms with Gasteiger partial charge < -0.3 is 15.1 Å². The van der Waals surface area contributed by atoms with Crippen molar-refractivity contribution in [1.29, 1.82) is 0 Å². The fraction of sp³-hybridized carbons (Fsp3) is 0.167. The summed E-state index contributed by atoms with van der Waals surface area (Å²) in [6, 6.07) is 10.4. The number of rotatable bonds is 6. The number of aromatic nitrogens is 1. The van der Waals surface area contributed by atoms with E-state index >= 15 is 0 Å². The normalized spacial score (nSPS) is 10.6.